The molecule has 3 N–H and O–H groups in total. The molecule has 1 amide bonds. The standard InChI is InChI=1S/C32H32N8O4/c1-43-12-11-39-17-32(18-39)19-40(20-32)28-8-10-34-31(37-28)38-30(42)22-4-7-25-26(13-22)36-29(35-25)24-6-5-23(14-27(24)41)44-16-21-3-2-9-33-15-21/h2-10,13-15,41H,11-12,16-20H2,1H3,(H,35,36)(H,34,37,38,42). The number of amides is 1. The predicted molar refractivity (Wildman–Crippen MR) is 165 cm³/mol. The van der Waals surface area contributed by atoms with Crippen LogP contribution in [0.1, 0.15) is 15.9 Å². The van der Waals surface area contributed by atoms with Crippen molar-refractivity contribution in [3.8, 4) is 22.9 Å². The molecule has 0 saturated carbocycles. The number of phenols is 1. The first-order valence-corrected chi connectivity index (χ1v) is 14.4. The zero-order chi connectivity index (χ0) is 30.1. The Labute approximate surface area is 253 Å². The van der Waals surface area contributed by atoms with Gasteiger partial charge in [0.1, 0.15) is 29.7 Å². The van der Waals surface area contributed by atoms with Crippen LogP contribution in [0.2, 0.25) is 0 Å². The number of imidazole rings is 1. The van der Waals surface area contributed by atoms with E-state index >= 15 is 0 Å². The van der Waals surface area contributed by atoms with Gasteiger partial charge < -0.3 is 24.5 Å². The van der Waals surface area contributed by atoms with E-state index in [1.807, 2.05) is 18.2 Å². The number of nitrogens with one attached hydrogen (secondary N) is 2. The number of benzene rings is 2. The van der Waals surface area contributed by atoms with Crippen molar-refractivity contribution in [1.82, 2.24) is 29.8 Å². The number of aromatic hydroxyl groups is 1. The Kier molecular flexibility index (Phi) is 7.28. The summed E-state index contributed by atoms with van der Waals surface area (Å²) in [6, 6.07) is 15.9. The lowest BCUT2D eigenvalue weighted by atomic mass is 9.73. The molecule has 5 heterocycles. The van der Waals surface area contributed by atoms with E-state index in [0.29, 0.717) is 40.2 Å². The highest BCUT2D eigenvalue weighted by atomic mass is 16.5. The number of H-pyrrole nitrogens is 1. The fourth-order valence-corrected chi connectivity index (χ4v) is 5.89. The van der Waals surface area contributed by atoms with Crippen molar-refractivity contribution in [1.29, 1.82) is 0 Å². The molecule has 2 aliphatic rings. The summed E-state index contributed by atoms with van der Waals surface area (Å²) in [7, 11) is 1.73. The van der Waals surface area contributed by atoms with Crippen LogP contribution in [0.4, 0.5) is 11.8 Å². The third-order valence-electron chi connectivity index (χ3n) is 8.07. The number of hydrogen-bond donors (Lipinski definition) is 3. The van der Waals surface area contributed by atoms with Crippen LogP contribution < -0.4 is 15.0 Å². The Morgan fingerprint density at radius 1 is 1.07 bits per heavy atom. The van der Waals surface area contributed by atoms with E-state index in [1.54, 1.807) is 62.1 Å². The Bertz CT molecular complexity index is 1800. The quantitative estimate of drug-likeness (QED) is 0.220. The number of fused-ring (bicyclic) bond motifs is 1. The minimum Gasteiger partial charge on any atom is -0.507 e. The molecule has 0 atom stereocenters. The third kappa shape index (κ3) is 5.64. The van der Waals surface area contributed by atoms with Gasteiger partial charge in [0.25, 0.3) is 5.91 Å². The molecule has 12 nitrogen and oxygen atoms in total. The van der Waals surface area contributed by atoms with Gasteiger partial charge in [-0.3, -0.25) is 20.0 Å². The highest BCUT2D eigenvalue weighted by Crippen LogP contribution is 2.41. The summed E-state index contributed by atoms with van der Waals surface area (Å²) in [5.74, 6) is 1.75. The number of hydrogen-bond acceptors (Lipinski definition) is 10. The molecule has 2 fully saturated rings. The van der Waals surface area contributed by atoms with Crippen molar-refractivity contribution in [3.05, 3.63) is 84.3 Å². The van der Waals surface area contributed by atoms with Gasteiger partial charge in [0.15, 0.2) is 0 Å². The summed E-state index contributed by atoms with van der Waals surface area (Å²) in [5, 5.41) is 13.5. The summed E-state index contributed by atoms with van der Waals surface area (Å²) >= 11 is 0. The largest absolute Gasteiger partial charge is 0.507 e. The number of nitrogens with zero attached hydrogens (tertiary/aromatic N) is 6. The molecule has 2 aliphatic heterocycles. The maximum Gasteiger partial charge on any atom is 0.258 e. The van der Waals surface area contributed by atoms with Crippen molar-refractivity contribution < 1.29 is 19.4 Å². The average molecular weight is 593 g/mol. The minimum atomic E-state index is -0.334. The van der Waals surface area contributed by atoms with Gasteiger partial charge in [0, 0.05) is 81.0 Å². The molecular weight excluding hydrogens is 560 g/mol. The van der Waals surface area contributed by atoms with Crippen molar-refractivity contribution in [3.63, 3.8) is 0 Å². The van der Waals surface area contributed by atoms with Gasteiger partial charge in [-0.05, 0) is 42.5 Å². The molecular formula is C32H32N8O4. The highest BCUT2D eigenvalue weighted by molar-refractivity contribution is 6.05. The zero-order valence-corrected chi connectivity index (χ0v) is 24.2. The Hall–Kier alpha value is -5.07. The van der Waals surface area contributed by atoms with Crippen LogP contribution in [0.5, 0.6) is 11.5 Å². The minimum absolute atomic E-state index is 0.0246. The average Bonchev–Trinajstić information content (AvgIpc) is 3.42. The number of phenolic OH excluding ortho intramolecular Hbond substituents is 1. The van der Waals surface area contributed by atoms with Crippen LogP contribution in [0.25, 0.3) is 22.4 Å². The van der Waals surface area contributed by atoms with Gasteiger partial charge in [0.2, 0.25) is 5.95 Å². The summed E-state index contributed by atoms with van der Waals surface area (Å²) in [5.41, 5.74) is 3.51. The monoisotopic (exact) mass is 592 g/mol. The number of carbonyl (C=O) groups is 1. The van der Waals surface area contributed by atoms with Crippen molar-refractivity contribution in [2.75, 3.05) is 56.7 Å². The number of anilines is 2. The molecule has 0 aliphatic carbocycles. The lowest BCUT2D eigenvalue weighted by molar-refractivity contribution is -0.0330. The summed E-state index contributed by atoms with van der Waals surface area (Å²) in [4.78, 5) is 38.5. The van der Waals surface area contributed by atoms with Crippen molar-refractivity contribution in [2.24, 2.45) is 5.41 Å². The van der Waals surface area contributed by atoms with Crippen LogP contribution in [0.3, 0.4) is 0 Å². The number of methoxy groups -OCH3 is 1. The molecule has 0 bridgehead atoms. The molecule has 7 rings (SSSR count). The van der Waals surface area contributed by atoms with Gasteiger partial charge >= 0.3 is 0 Å². The number of aromatic amines is 1. The first-order valence-electron chi connectivity index (χ1n) is 14.4. The fourth-order valence-electron chi connectivity index (χ4n) is 5.89. The van der Waals surface area contributed by atoms with Crippen molar-refractivity contribution in [2.45, 2.75) is 6.61 Å². The van der Waals surface area contributed by atoms with Gasteiger partial charge in [-0.1, -0.05) is 6.07 Å². The lowest BCUT2D eigenvalue weighted by Gasteiger charge is -2.60. The molecule has 0 radical (unpaired) electrons. The molecule has 1 spiro atoms. The second-order valence-electron chi connectivity index (χ2n) is 11.4. The van der Waals surface area contributed by atoms with Crippen LogP contribution in [-0.4, -0.2) is 87.3 Å². The maximum absolute atomic E-state index is 13.1. The van der Waals surface area contributed by atoms with E-state index in [0.717, 1.165) is 56.2 Å². The second kappa shape index (κ2) is 11.5. The van der Waals surface area contributed by atoms with Crippen LogP contribution in [0.15, 0.2) is 73.2 Å². The number of rotatable bonds is 10. The molecule has 224 valence electrons. The molecule has 5 aromatic rings. The normalized spacial score (nSPS) is 15.6. The van der Waals surface area contributed by atoms with Gasteiger partial charge in [-0.25, -0.2) is 9.97 Å². The molecule has 0 unspecified atom stereocenters. The third-order valence-corrected chi connectivity index (χ3v) is 8.07. The van der Waals surface area contributed by atoms with Crippen LogP contribution in [0, 0.1) is 5.41 Å². The lowest BCUT2D eigenvalue weighted by Crippen LogP contribution is -2.72. The number of likely N-dealkylation sites (tertiary alicyclic amines) is 1. The van der Waals surface area contributed by atoms with Crippen LogP contribution in [-0.2, 0) is 11.3 Å². The number of carbonyl (C=O) groups excluding carboxylic acids is 1. The van der Waals surface area contributed by atoms with E-state index in [2.05, 4.69) is 40.0 Å². The molecule has 2 saturated heterocycles. The van der Waals surface area contributed by atoms with Crippen molar-refractivity contribution >= 4 is 28.7 Å². The van der Waals surface area contributed by atoms with E-state index < -0.39 is 0 Å². The van der Waals surface area contributed by atoms with Crippen LogP contribution >= 0.6 is 0 Å². The fraction of sp³-hybridized carbons (Fsp3) is 0.281. The topological polar surface area (TPSA) is 142 Å². The first kappa shape index (κ1) is 27.7. The second-order valence-corrected chi connectivity index (χ2v) is 11.4. The smallest absolute Gasteiger partial charge is 0.258 e. The zero-order valence-electron chi connectivity index (χ0n) is 24.2. The summed E-state index contributed by atoms with van der Waals surface area (Å²) in [6.45, 7) is 6.09. The molecule has 3 aromatic heterocycles. The van der Waals surface area contributed by atoms with Gasteiger partial charge in [-0.2, -0.15) is 4.98 Å². The van der Waals surface area contributed by atoms with E-state index in [4.69, 9.17) is 9.47 Å². The van der Waals surface area contributed by atoms with E-state index in [-0.39, 0.29) is 17.6 Å². The first-order chi connectivity index (χ1) is 21.5. The number of ether oxygens (including phenoxy) is 2. The Morgan fingerprint density at radius 2 is 1.95 bits per heavy atom. The molecule has 12 heteroatoms. The summed E-state index contributed by atoms with van der Waals surface area (Å²) < 4.78 is 11.0. The highest BCUT2D eigenvalue weighted by Gasteiger charge is 2.51. The van der Waals surface area contributed by atoms with E-state index in [1.165, 1.54) is 0 Å². The molecule has 44 heavy (non-hydrogen) atoms. The number of aromatic nitrogens is 5. The van der Waals surface area contributed by atoms with Gasteiger partial charge in [-0.15, -0.1) is 0 Å². The Morgan fingerprint density at radius 3 is 2.75 bits per heavy atom. The summed E-state index contributed by atoms with van der Waals surface area (Å²) in [6.07, 6.45) is 5.10. The Balaban J connectivity index is 0.987. The van der Waals surface area contributed by atoms with Gasteiger partial charge in [0.05, 0.1) is 23.2 Å². The maximum atomic E-state index is 13.1. The van der Waals surface area contributed by atoms with E-state index in [9.17, 15) is 9.90 Å². The number of pyridine rings is 1. The SMILES string of the molecule is COCCN1CC2(C1)CN(c1ccnc(NC(=O)c3ccc4[nH]c(-c5ccc(OCc6cccnc6)cc5O)nc4c3)n1)C2. The predicted octanol–water partition coefficient (Wildman–Crippen LogP) is 3.72. The molecule has 2 aromatic carbocycles.